The van der Waals surface area contributed by atoms with Crippen molar-refractivity contribution < 1.29 is 8.78 Å². The SMILES string of the molecule is Nc1cnccc1N1CCC(F)(F)C(N)C1. The third kappa shape index (κ3) is 1.92. The highest BCUT2D eigenvalue weighted by atomic mass is 19.3. The van der Waals surface area contributed by atoms with Crippen LogP contribution in [0.25, 0.3) is 0 Å². The average molecular weight is 228 g/mol. The molecule has 1 aromatic rings. The third-order valence-electron chi connectivity index (χ3n) is 2.84. The maximum Gasteiger partial charge on any atom is 0.266 e. The lowest BCUT2D eigenvalue weighted by molar-refractivity contribution is -0.0392. The number of aromatic nitrogens is 1. The van der Waals surface area contributed by atoms with Crippen LogP contribution >= 0.6 is 0 Å². The minimum Gasteiger partial charge on any atom is -0.396 e. The van der Waals surface area contributed by atoms with Gasteiger partial charge in [0.05, 0.1) is 23.6 Å². The van der Waals surface area contributed by atoms with Gasteiger partial charge in [-0.3, -0.25) is 4.98 Å². The molecule has 0 radical (unpaired) electrons. The van der Waals surface area contributed by atoms with Crippen molar-refractivity contribution >= 4 is 11.4 Å². The zero-order valence-electron chi connectivity index (χ0n) is 8.74. The molecule has 4 nitrogen and oxygen atoms in total. The Morgan fingerprint density at radius 3 is 2.88 bits per heavy atom. The summed E-state index contributed by atoms with van der Waals surface area (Å²) >= 11 is 0. The van der Waals surface area contributed by atoms with E-state index in [0.29, 0.717) is 5.69 Å². The van der Waals surface area contributed by atoms with E-state index in [1.165, 1.54) is 6.20 Å². The Balaban J connectivity index is 2.17. The van der Waals surface area contributed by atoms with Crippen LogP contribution in [0.15, 0.2) is 18.5 Å². The normalized spacial score (nSPS) is 24.4. The van der Waals surface area contributed by atoms with Crippen molar-refractivity contribution in [3.8, 4) is 0 Å². The number of anilines is 2. The number of nitrogens with two attached hydrogens (primary N) is 2. The molecule has 0 spiro atoms. The number of halogens is 2. The topological polar surface area (TPSA) is 68.2 Å². The first-order chi connectivity index (χ1) is 7.50. The number of hydrogen-bond acceptors (Lipinski definition) is 4. The van der Waals surface area contributed by atoms with E-state index in [9.17, 15) is 8.78 Å². The Morgan fingerprint density at radius 1 is 1.50 bits per heavy atom. The number of alkyl halides is 2. The number of nitrogen functional groups attached to an aromatic ring is 1. The molecule has 16 heavy (non-hydrogen) atoms. The Hall–Kier alpha value is -1.43. The molecule has 2 rings (SSSR count). The van der Waals surface area contributed by atoms with Gasteiger partial charge in [-0.25, -0.2) is 8.78 Å². The first-order valence-electron chi connectivity index (χ1n) is 5.08. The number of piperidine rings is 1. The van der Waals surface area contributed by atoms with Crippen molar-refractivity contribution in [1.82, 2.24) is 4.98 Å². The van der Waals surface area contributed by atoms with Crippen molar-refractivity contribution in [3.05, 3.63) is 18.5 Å². The van der Waals surface area contributed by atoms with Crippen molar-refractivity contribution in [1.29, 1.82) is 0 Å². The van der Waals surface area contributed by atoms with Crippen LogP contribution in [0.5, 0.6) is 0 Å². The molecule has 4 N–H and O–H groups in total. The van der Waals surface area contributed by atoms with E-state index < -0.39 is 12.0 Å². The minimum atomic E-state index is -2.78. The molecule has 0 saturated carbocycles. The molecule has 1 unspecified atom stereocenters. The summed E-state index contributed by atoms with van der Waals surface area (Å²) < 4.78 is 26.4. The van der Waals surface area contributed by atoms with Crippen LogP contribution in [0.4, 0.5) is 20.2 Å². The summed E-state index contributed by atoms with van der Waals surface area (Å²) in [7, 11) is 0. The zero-order chi connectivity index (χ0) is 11.8. The van der Waals surface area contributed by atoms with Crippen LogP contribution in [0.3, 0.4) is 0 Å². The molecule has 1 atom stereocenters. The van der Waals surface area contributed by atoms with E-state index in [1.54, 1.807) is 17.2 Å². The van der Waals surface area contributed by atoms with Gasteiger partial charge in [0.25, 0.3) is 5.92 Å². The number of rotatable bonds is 1. The van der Waals surface area contributed by atoms with Crippen molar-refractivity contribution in [2.24, 2.45) is 5.73 Å². The highest BCUT2D eigenvalue weighted by Gasteiger charge is 2.42. The summed E-state index contributed by atoms with van der Waals surface area (Å²) in [5.41, 5.74) is 12.4. The zero-order valence-corrected chi connectivity index (χ0v) is 8.74. The summed E-state index contributed by atoms with van der Waals surface area (Å²) in [5, 5.41) is 0. The molecule has 0 aliphatic carbocycles. The van der Waals surface area contributed by atoms with Crippen molar-refractivity contribution in [3.63, 3.8) is 0 Å². The van der Waals surface area contributed by atoms with Gasteiger partial charge in [-0.15, -0.1) is 0 Å². The summed E-state index contributed by atoms with van der Waals surface area (Å²) in [4.78, 5) is 5.63. The molecule has 1 fully saturated rings. The first kappa shape index (κ1) is 11.1. The molecule has 0 aromatic carbocycles. The van der Waals surface area contributed by atoms with E-state index in [2.05, 4.69) is 4.98 Å². The number of nitrogens with zero attached hydrogens (tertiary/aromatic N) is 2. The fraction of sp³-hybridized carbons (Fsp3) is 0.500. The van der Waals surface area contributed by atoms with Gasteiger partial charge in [0.2, 0.25) is 0 Å². The first-order valence-corrected chi connectivity index (χ1v) is 5.08. The second-order valence-electron chi connectivity index (χ2n) is 4.00. The molecule has 1 saturated heterocycles. The standard InChI is InChI=1S/C10H14F2N4/c11-10(12)2-4-16(6-9(10)14)8-1-3-15-5-7(8)13/h1,3,5,9H,2,4,6,13-14H2. The second-order valence-corrected chi connectivity index (χ2v) is 4.00. The molecular weight excluding hydrogens is 214 g/mol. The van der Waals surface area contributed by atoms with Crippen molar-refractivity contribution in [2.75, 3.05) is 23.7 Å². The highest BCUT2D eigenvalue weighted by Crippen LogP contribution is 2.31. The monoisotopic (exact) mass is 228 g/mol. The molecular formula is C10H14F2N4. The van der Waals surface area contributed by atoms with Gasteiger partial charge in [-0.05, 0) is 6.07 Å². The lowest BCUT2D eigenvalue weighted by Crippen LogP contribution is -2.55. The Bertz CT molecular complexity index is 383. The molecule has 6 heteroatoms. The lowest BCUT2D eigenvalue weighted by atomic mass is 10.0. The Labute approximate surface area is 92.2 Å². The Kier molecular flexibility index (Phi) is 2.67. The number of pyridine rings is 1. The summed E-state index contributed by atoms with van der Waals surface area (Å²) in [6.07, 6.45) is 2.85. The summed E-state index contributed by atoms with van der Waals surface area (Å²) in [5.74, 6) is -2.78. The van der Waals surface area contributed by atoms with Gasteiger partial charge < -0.3 is 16.4 Å². The summed E-state index contributed by atoms with van der Waals surface area (Å²) in [6, 6.07) is 0.569. The average Bonchev–Trinajstić information content (AvgIpc) is 2.23. The molecule has 0 bridgehead atoms. The fourth-order valence-electron chi connectivity index (χ4n) is 1.84. The molecule has 1 aliphatic rings. The molecule has 0 amide bonds. The maximum absolute atomic E-state index is 13.2. The largest absolute Gasteiger partial charge is 0.396 e. The lowest BCUT2D eigenvalue weighted by Gasteiger charge is -2.38. The molecule has 1 aliphatic heterocycles. The smallest absolute Gasteiger partial charge is 0.266 e. The van der Waals surface area contributed by atoms with Crippen LogP contribution in [0.1, 0.15) is 6.42 Å². The molecule has 1 aromatic heterocycles. The van der Waals surface area contributed by atoms with E-state index in [-0.39, 0.29) is 19.5 Å². The van der Waals surface area contributed by atoms with Gasteiger partial charge >= 0.3 is 0 Å². The van der Waals surface area contributed by atoms with Crippen LogP contribution < -0.4 is 16.4 Å². The van der Waals surface area contributed by atoms with Crippen LogP contribution in [0, 0.1) is 0 Å². The quantitative estimate of drug-likeness (QED) is 0.747. The molecule has 88 valence electrons. The van der Waals surface area contributed by atoms with Gasteiger partial charge in [0, 0.05) is 25.7 Å². The minimum absolute atomic E-state index is 0.112. The van der Waals surface area contributed by atoms with Crippen LogP contribution in [0.2, 0.25) is 0 Å². The molecule has 2 heterocycles. The van der Waals surface area contributed by atoms with E-state index in [4.69, 9.17) is 11.5 Å². The van der Waals surface area contributed by atoms with Gasteiger partial charge in [0.15, 0.2) is 0 Å². The predicted molar refractivity (Wildman–Crippen MR) is 58.4 cm³/mol. The van der Waals surface area contributed by atoms with Gasteiger partial charge in [0.1, 0.15) is 0 Å². The van der Waals surface area contributed by atoms with Crippen LogP contribution in [-0.2, 0) is 0 Å². The van der Waals surface area contributed by atoms with E-state index in [0.717, 1.165) is 5.69 Å². The Morgan fingerprint density at radius 2 is 2.25 bits per heavy atom. The van der Waals surface area contributed by atoms with Gasteiger partial charge in [-0.2, -0.15) is 0 Å². The summed E-state index contributed by atoms with van der Waals surface area (Å²) in [6.45, 7) is 0.371. The number of hydrogen-bond donors (Lipinski definition) is 2. The van der Waals surface area contributed by atoms with Gasteiger partial charge in [-0.1, -0.05) is 0 Å². The van der Waals surface area contributed by atoms with Crippen LogP contribution in [-0.4, -0.2) is 30.0 Å². The van der Waals surface area contributed by atoms with E-state index >= 15 is 0 Å². The third-order valence-corrected chi connectivity index (χ3v) is 2.84. The van der Waals surface area contributed by atoms with E-state index in [1.807, 2.05) is 0 Å². The maximum atomic E-state index is 13.2. The predicted octanol–water partition coefficient (Wildman–Crippen LogP) is 0.837. The fourth-order valence-corrected chi connectivity index (χ4v) is 1.84. The van der Waals surface area contributed by atoms with Crippen molar-refractivity contribution in [2.45, 2.75) is 18.4 Å². The highest BCUT2D eigenvalue weighted by molar-refractivity contribution is 5.66. The second kappa shape index (κ2) is 3.86.